The van der Waals surface area contributed by atoms with Crippen LogP contribution >= 0.6 is 15.9 Å². The number of hydrogen-bond donors (Lipinski definition) is 1. The van der Waals surface area contributed by atoms with Crippen LogP contribution in [0.15, 0.2) is 41.1 Å². The van der Waals surface area contributed by atoms with Crippen molar-refractivity contribution < 1.29 is 9.13 Å². The zero-order valence-electron chi connectivity index (χ0n) is 11.9. The maximum Gasteiger partial charge on any atom is 0.141 e. The highest BCUT2D eigenvalue weighted by Gasteiger charge is 2.07. The second-order valence-corrected chi connectivity index (χ2v) is 5.78. The first-order valence-electron chi connectivity index (χ1n) is 6.84. The van der Waals surface area contributed by atoms with Gasteiger partial charge in [-0.05, 0) is 42.7 Å². The van der Waals surface area contributed by atoms with Crippen LogP contribution in [0.1, 0.15) is 24.5 Å². The van der Waals surface area contributed by atoms with Crippen LogP contribution in [0.25, 0.3) is 0 Å². The van der Waals surface area contributed by atoms with Gasteiger partial charge < -0.3 is 10.5 Å². The van der Waals surface area contributed by atoms with Gasteiger partial charge in [0.15, 0.2) is 0 Å². The summed E-state index contributed by atoms with van der Waals surface area (Å²) >= 11 is 3.52. The van der Waals surface area contributed by atoms with E-state index in [0.29, 0.717) is 5.56 Å². The largest absolute Gasteiger partial charge is 0.489 e. The van der Waals surface area contributed by atoms with Crippen molar-refractivity contribution in [3.63, 3.8) is 0 Å². The van der Waals surface area contributed by atoms with Gasteiger partial charge in [-0.1, -0.05) is 22.9 Å². The molecule has 5 heteroatoms. The van der Waals surface area contributed by atoms with Crippen molar-refractivity contribution in [1.82, 2.24) is 4.98 Å². The van der Waals surface area contributed by atoms with Gasteiger partial charge in [0.1, 0.15) is 18.2 Å². The summed E-state index contributed by atoms with van der Waals surface area (Å²) in [6.45, 7) is 2.35. The monoisotopic (exact) mass is 352 g/mol. The van der Waals surface area contributed by atoms with E-state index in [1.54, 1.807) is 6.20 Å². The van der Waals surface area contributed by atoms with Crippen molar-refractivity contribution in [3.8, 4) is 5.75 Å². The molecule has 0 fully saturated rings. The van der Waals surface area contributed by atoms with E-state index >= 15 is 0 Å². The van der Waals surface area contributed by atoms with Crippen LogP contribution in [0, 0.1) is 5.82 Å². The Hall–Kier alpha value is -1.46. The summed E-state index contributed by atoms with van der Waals surface area (Å²) in [6, 6.07) is 7.32. The van der Waals surface area contributed by atoms with Crippen molar-refractivity contribution in [3.05, 3.63) is 58.1 Å². The second kappa shape index (κ2) is 7.52. The molecular formula is C16H18BrFN2O. The van der Waals surface area contributed by atoms with Gasteiger partial charge in [0, 0.05) is 22.3 Å². The third-order valence-electron chi connectivity index (χ3n) is 3.19. The highest BCUT2D eigenvalue weighted by atomic mass is 79.9. The summed E-state index contributed by atoms with van der Waals surface area (Å²) in [5.74, 6) is 0.377. The van der Waals surface area contributed by atoms with Gasteiger partial charge in [0.25, 0.3) is 0 Å². The molecule has 21 heavy (non-hydrogen) atoms. The molecule has 0 aliphatic heterocycles. The molecule has 0 radical (unpaired) electrons. The van der Waals surface area contributed by atoms with E-state index in [2.05, 4.69) is 27.8 Å². The number of benzene rings is 1. The Morgan fingerprint density at radius 1 is 1.33 bits per heavy atom. The first-order valence-corrected chi connectivity index (χ1v) is 7.64. The number of pyridine rings is 1. The van der Waals surface area contributed by atoms with Gasteiger partial charge in [-0.25, -0.2) is 4.39 Å². The minimum Gasteiger partial charge on any atom is -0.489 e. The summed E-state index contributed by atoms with van der Waals surface area (Å²) in [4.78, 5) is 3.80. The van der Waals surface area contributed by atoms with Gasteiger partial charge in [-0.3, -0.25) is 4.98 Å². The zero-order chi connectivity index (χ0) is 15.2. The molecule has 0 bridgehead atoms. The van der Waals surface area contributed by atoms with Gasteiger partial charge >= 0.3 is 0 Å². The zero-order valence-corrected chi connectivity index (χ0v) is 13.4. The molecule has 1 aromatic heterocycles. The third-order valence-corrected chi connectivity index (χ3v) is 3.96. The van der Waals surface area contributed by atoms with Gasteiger partial charge in [0.2, 0.25) is 0 Å². The number of halogens is 2. The van der Waals surface area contributed by atoms with Crippen LogP contribution in [0.2, 0.25) is 0 Å². The van der Waals surface area contributed by atoms with Crippen LogP contribution in [0.3, 0.4) is 0 Å². The lowest BCUT2D eigenvalue weighted by atomic mass is 10.0. The molecule has 1 heterocycles. The Labute approximate surface area is 132 Å². The number of hydrogen-bond acceptors (Lipinski definition) is 3. The standard InChI is InChI=1S/C16H18BrFN2O/c1-2-14(19)6-12-7-15(3-4-16(12)17)21-10-11-5-13(18)9-20-8-11/h3-5,7-9,14H,2,6,10,19H2,1H3. The fourth-order valence-electron chi connectivity index (χ4n) is 1.93. The lowest BCUT2D eigenvalue weighted by Crippen LogP contribution is -2.21. The van der Waals surface area contributed by atoms with Crippen molar-refractivity contribution in [2.45, 2.75) is 32.4 Å². The molecule has 2 aromatic rings. The Morgan fingerprint density at radius 3 is 2.86 bits per heavy atom. The first kappa shape index (κ1) is 15.9. The van der Waals surface area contributed by atoms with E-state index in [1.807, 2.05) is 18.2 Å². The normalized spacial score (nSPS) is 12.2. The van der Waals surface area contributed by atoms with E-state index in [4.69, 9.17) is 10.5 Å². The number of nitrogens with two attached hydrogens (primary N) is 1. The minimum absolute atomic E-state index is 0.129. The van der Waals surface area contributed by atoms with Gasteiger partial charge in [-0.2, -0.15) is 0 Å². The van der Waals surface area contributed by atoms with Crippen LogP contribution in [-0.4, -0.2) is 11.0 Å². The summed E-state index contributed by atoms with van der Waals surface area (Å²) in [7, 11) is 0. The third kappa shape index (κ3) is 4.79. The Kier molecular flexibility index (Phi) is 5.70. The van der Waals surface area contributed by atoms with Crippen molar-refractivity contribution in [1.29, 1.82) is 0 Å². The van der Waals surface area contributed by atoms with E-state index in [9.17, 15) is 4.39 Å². The molecular weight excluding hydrogens is 335 g/mol. The quantitative estimate of drug-likeness (QED) is 0.858. The number of rotatable bonds is 6. The lowest BCUT2D eigenvalue weighted by Gasteiger charge is -2.13. The van der Waals surface area contributed by atoms with E-state index in [0.717, 1.165) is 28.6 Å². The van der Waals surface area contributed by atoms with Crippen LogP contribution in [0.4, 0.5) is 4.39 Å². The second-order valence-electron chi connectivity index (χ2n) is 4.93. The predicted octanol–water partition coefficient (Wildman–Crippen LogP) is 3.84. The van der Waals surface area contributed by atoms with Gasteiger partial charge in [-0.15, -0.1) is 0 Å². The average Bonchev–Trinajstić information content (AvgIpc) is 2.48. The van der Waals surface area contributed by atoms with Crippen LogP contribution in [0.5, 0.6) is 5.75 Å². The minimum atomic E-state index is -0.360. The van der Waals surface area contributed by atoms with E-state index in [-0.39, 0.29) is 18.5 Å². The highest BCUT2D eigenvalue weighted by molar-refractivity contribution is 9.10. The summed E-state index contributed by atoms with van der Waals surface area (Å²) in [6.07, 6.45) is 4.48. The fraction of sp³-hybridized carbons (Fsp3) is 0.312. The summed E-state index contributed by atoms with van der Waals surface area (Å²) in [5.41, 5.74) is 7.80. The molecule has 2 N–H and O–H groups in total. The Morgan fingerprint density at radius 2 is 2.14 bits per heavy atom. The molecule has 112 valence electrons. The van der Waals surface area contributed by atoms with Crippen molar-refractivity contribution in [2.24, 2.45) is 5.73 Å². The molecule has 0 saturated heterocycles. The van der Waals surface area contributed by atoms with Gasteiger partial charge in [0.05, 0.1) is 6.20 Å². The maximum atomic E-state index is 13.1. The highest BCUT2D eigenvalue weighted by Crippen LogP contribution is 2.24. The van der Waals surface area contributed by atoms with E-state index in [1.165, 1.54) is 12.3 Å². The maximum absolute atomic E-state index is 13.1. The predicted molar refractivity (Wildman–Crippen MR) is 84.6 cm³/mol. The molecule has 2 rings (SSSR count). The topological polar surface area (TPSA) is 48.1 Å². The lowest BCUT2D eigenvalue weighted by molar-refractivity contribution is 0.304. The van der Waals surface area contributed by atoms with E-state index < -0.39 is 0 Å². The first-order chi connectivity index (χ1) is 10.1. The molecule has 0 aliphatic carbocycles. The molecule has 1 aromatic carbocycles. The fourth-order valence-corrected chi connectivity index (χ4v) is 2.33. The number of ether oxygens (including phenoxy) is 1. The molecule has 0 amide bonds. The molecule has 0 spiro atoms. The molecule has 1 unspecified atom stereocenters. The molecule has 0 saturated carbocycles. The van der Waals surface area contributed by atoms with Crippen molar-refractivity contribution in [2.75, 3.05) is 0 Å². The van der Waals surface area contributed by atoms with Crippen molar-refractivity contribution >= 4 is 15.9 Å². The molecule has 3 nitrogen and oxygen atoms in total. The Bertz CT molecular complexity index is 607. The van der Waals surface area contributed by atoms with Crippen LogP contribution < -0.4 is 10.5 Å². The number of aromatic nitrogens is 1. The Balaban J connectivity index is 2.05. The average molecular weight is 353 g/mol. The SMILES string of the molecule is CCC(N)Cc1cc(OCc2cncc(F)c2)ccc1Br. The van der Waals surface area contributed by atoms with Crippen LogP contribution in [-0.2, 0) is 13.0 Å². The summed E-state index contributed by atoms with van der Waals surface area (Å²) < 4.78 is 19.8. The smallest absolute Gasteiger partial charge is 0.141 e. The molecule has 0 aliphatic rings. The molecule has 1 atom stereocenters. The number of nitrogens with zero attached hydrogens (tertiary/aromatic N) is 1. The summed E-state index contributed by atoms with van der Waals surface area (Å²) in [5, 5.41) is 0.